The van der Waals surface area contributed by atoms with Gasteiger partial charge < -0.3 is 10.6 Å². The molecule has 2 N–H and O–H groups in total. The number of hydrogen-bond donors (Lipinski definition) is 2. The van der Waals surface area contributed by atoms with Crippen LogP contribution in [0.25, 0.3) is 0 Å². The molecule has 0 fully saturated rings. The summed E-state index contributed by atoms with van der Waals surface area (Å²) >= 11 is 3.33. The standard InChI is InChI=1S/C14H16BrFN4/c1-3-6-17-14-18-8-9(2)13(20-14)19-12-7-10(15)4-5-11(12)16/h4-5,7-8H,3,6H2,1-2H3,(H2,17,18,19,20). The van der Waals surface area contributed by atoms with Gasteiger partial charge in [0, 0.05) is 22.8 Å². The van der Waals surface area contributed by atoms with Crippen molar-refractivity contribution >= 4 is 33.4 Å². The monoisotopic (exact) mass is 338 g/mol. The first-order valence-electron chi connectivity index (χ1n) is 6.39. The first-order valence-corrected chi connectivity index (χ1v) is 7.19. The molecule has 2 aromatic rings. The highest BCUT2D eigenvalue weighted by molar-refractivity contribution is 9.10. The number of nitrogens with zero attached hydrogens (tertiary/aromatic N) is 2. The maximum atomic E-state index is 13.7. The molecule has 0 aliphatic carbocycles. The number of benzene rings is 1. The highest BCUT2D eigenvalue weighted by Crippen LogP contribution is 2.24. The molecule has 4 nitrogen and oxygen atoms in total. The smallest absolute Gasteiger partial charge is 0.224 e. The molecule has 0 atom stereocenters. The molecule has 0 aliphatic rings. The minimum Gasteiger partial charge on any atom is -0.354 e. The maximum absolute atomic E-state index is 13.7. The zero-order valence-electron chi connectivity index (χ0n) is 11.4. The Kier molecular flexibility index (Phi) is 4.89. The van der Waals surface area contributed by atoms with Crippen molar-refractivity contribution in [3.8, 4) is 0 Å². The maximum Gasteiger partial charge on any atom is 0.224 e. The first-order chi connectivity index (χ1) is 9.60. The summed E-state index contributed by atoms with van der Waals surface area (Å²) in [7, 11) is 0. The summed E-state index contributed by atoms with van der Waals surface area (Å²) in [6, 6.07) is 4.73. The molecule has 106 valence electrons. The molecule has 0 spiro atoms. The van der Waals surface area contributed by atoms with Crippen molar-refractivity contribution in [2.45, 2.75) is 20.3 Å². The molecule has 20 heavy (non-hydrogen) atoms. The second-order valence-electron chi connectivity index (χ2n) is 4.40. The lowest BCUT2D eigenvalue weighted by atomic mass is 10.3. The normalized spacial score (nSPS) is 10.4. The largest absolute Gasteiger partial charge is 0.354 e. The van der Waals surface area contributed by atoms with Crippen LogP contribution in [0.15, 0.2) is 28.9 Å². The van der Waals surface area contributed by atoms with Crippen molar-refractivity contribution in [3.05, 3.63) is 40.2 Å². The summed E-state index contributed by atoms with van der Waals surface area (Å²) in [5.41, 5.74) is 1.23. The van der Waals surface area contributed by atoms with Crippen LogP contribution in [-0.4, -0.2) is 16.5 Å². The van der Waals surface area contributed by atoms with Gasteiger partial charge in [-0.2, -0.15) is 4.98 Å². The lowest BCUT2D eigenvalue weighted by Crippen LogP contribution is -2.07. The van der Waals surface area contributed by atoms with Crippen LogP contribution in [0.4, 0.5) is 21.8 Å². The Morgan fingerprint density at radius 3 is 2.90 bits per heavy atom. The Morgan fingerprint density at radius 1 is 1.35 bits per heavy atom. The van der Waals surface area contributed by atoms with Gasteiger partial charge in [0.2, 0.25) is 5.95 Å². The number of nitrogens with one attached hydrogen (secondary N) is 2. The molecule has 0 saturated carbocycles. The van der Waals surface area contributed by atoms with E-state index >= 15 is 0 Å². The van der Waals surface area contributed by atoms with E-state index in [1.807, 2.05) is 6.92 Å². The number of aromatic nitrogens is 2. The third-order valence-corrected chi connectivity index (χ3v) is 3.18. The molecule has 0 saturated heterocycles. The second-order valence-corrected chi connectivity index (χ2v) is 5.32. The molecule has 0 radical (unpaired) electrons. The molecule has 0 unspecified atom stereocenters. The van der Waals surface area contributed by atoms with Crippen molar-refractivity contribution in [1.29, 1.82) is 0 Å². The van der Waals surface area contributed by atoms with Crippen molar-refractivity contribution in [2.75, 3.05) is 17.2 Å². The van der Waals surface area contributed by atoms with Crippen LogP contribution in [0, 0.1) is 12.7 Å². The predicted molar refractivity (Wildman–Crippen MR) is 82.9 cm³/mol. The van der Waals surface area contributed by atoms with Crippen LogP contribution in [-0.2, 0) is 0 Å². The van der Waals surface area contributed by atoms with Gasteiger partial charge in [0.1, 0.15) is 11.6 Å². The number of hydrogen-bond acceptors (Lipinski definition) is 4. The van der Waals surface area contributed by atoms with E-state index in [2.05, 4.69) is 43.5 Å². The van der Waals surface area contributed by atoms with Gasteiger partial charge in [-0.1, -0.05) is 22.9 Å². The molecule has 0 aliphatic heterocycles. The Balaban J connectivity index is 2.25. The van der Waals surface area contributed by atoms with Crippen LogP contribution < -0.4 is 10.6 Å². The summed E-state index contributed by atoms with van der Waals surface area (Å²) in [5.74, 6) is 0.806. The fourth-order valence-electron chi connectivity index (χ4n) is 1.61. The van der Waals surface area contributed by atoms with Crippen LogP contribution in [0.2, 0.25) is 0 Å². The summed E-state index contributed by atoms with van der Waals surface area (Å²) in [4.78, 5) is 8.55. The lowest BCUT2D eigenvalue weighted by molar-refractivity contribution is 0.631. The van der Waals surface area contributed by atoms with Crippen molar-refractivity contribution in [1.82, 2.24) is 9.97 Å². The van der Waals surface area contributed by atoms with Gasteiger partial charge in [-0.3, -0.25) is 0 Å². The van der Waals surface area contributed by atoms with E-state index in [4.69, 9.17) is 0 Å². The van der Waals surface area contributed by atoms with Gasteiger partial charge in [0.25, 0.3) is 0 Å². The highest BCUT2D eigenvalue weighted by Gasteiger charge is 2.08. The van der Waals surface area contributed by atoms with Gasteiger partial charge in [0.15, 0.2) is 0 Å². The number of halogens is 2. The van der Waals surface area contributed by atoms with Gasteiger partial charge >= 0.3 is 0 Å². The van der Waals surface area contributed by atoms with E-state index in [1.54, 1.807) is 18.3 Å². The van der Waals surface area contributed by atoms with E-state index in [0.29, 0.717) is 17.5 Å². The molecular weight excluding hydrogens is 323 g/mol. The summed E-state index contributed by atoms with van der Waals surface area (Å²) in [6.45, 7) is 4.74. The van der Waals surface area contributed by atoms with Crippen LogP contribution >= 0.6 is 15.9 Å². The van der Waals surface area contributed by atoms with Crippen LogP contribution in [0.1, 0.15) is 18.9 Å². The van der Waals surface area contributed by atoms with Gasteiger partial charge in [-0.05, 0) is 31.5 Å². The molecule has 1 aromatic carbocycles. The zero-order valence-corrected chi connectivity index (χ0v) is 13.0. The number of aryl methyl sites for hydroxylation is 1. The van der Waals surface area contributed by atoms with E-state index in [9.17, 15) is 4.39 Å². The lowest BCUT2D eigenvalue weighted by Gasteiger charge is -2.11. The van der Waals surface area contributed by atoms with Crippen LogP contribution in [0.5, 0.6) is 0 Å². The minimum absolute atomic E-state index is 0.325. The average molecular weight is 339 g/mol. The second kappa shape index (κ2) is 6.65. The number of rotatable bonds is 5. The Hall–Kier alpha value is -1.69. The van der Waals surface area contributed by atoms with Crippen molar-refractivity contribution < 1.29 is 4.39 Å². The quantitative estimate of drug-likeness (QED) is 0.855. The van der Waals surface area contributed by atoms with Gasteiger partial charge in [-0.15, -0.1) is 0 Å². The molecule has 0 amide bonds. The fraction of sp³-hybridized carbons (Fsp3) is 0.286. The number of anilines is 3. The Bertz CT molecular complexity index is 604. The third kappa shape index (κ3) is 3.66. The van der Waals surface area contributed by atoms with Crippen LogP contribution in [0.3, 0.4) is 0 Å². The third-order valence-electron chi connectivity index (χ3n) is 2.69. The molecule has 6 heteroatoms. The average Bonchev–Trinajstić information content (AvgIpc) is 2.43. The van der Waals surface area contributed by atoms with Gasteiger partial charge in [0.05, 0.1) is 5.69 Å². The molecule has 2 rings (SSSR count). The predicted octanol–water partition coefficient (Wildman–Crippen LogP) is 4.25. The van der Waals surface area contributed by atoms with E-state index < -0.39 is 0 Å². The summed E-state index contributed by atoms with van der Waals surface area (Å²) in [5, 5.41) is 6.11. The summed E-state index contributed by atoms with van der Waals surface area (Å²) in [6.07, 6.45) is 2.70. The van der Waals surface area contributed by atoms with Gasteiger partial charge in [-0.25, -0.2) is 9.37 Å². The SMILES string of the molecule is CCCNc1ncc(C)c(Nc2cc(Br)ccc2F)n1. The minimum atomic E-state index is -0.325. The Morgan fingerprint density at radius 2 is 2.15 bits per heavy atom. The van der Waals surface area contributed by atoms with E-state index in [0.717, 1.165) is 23.0 Å². The molecule has 1 aromatic heterocycles. The molecule has 1 heterocycles. The highest BCUT2D eigenvalue weighted by atomic mass is 79.9. The molecular formula is C14H16BrFN4. The molecule has 0 bridgehead atoms. The van der Waals surface area contributed by atoms with Crippen molar-refractivity contribution in [3.63, 3.8) is 0 Å². The first kappa shape index (κ1) is 14.7. The van der Waals surface area contributed by atoms with E-state index in [-0.39, 0.29) is 5.82 Å². The zero-order chi connectivity index (χ0) is 14.5. The Labute approximate surface area is 126 Å². The topological polar surface area (TPSA) is 49.8 Å². The summed E-state index contributed by atoms with van der Waals surface area (Å²) < 4.78 is 14.6. The van der Waals surface area contributed by atoms with Crippen molar-refractivity contribution in [2.24, 2.45) is 0 Å². The van der Waals surface area contributed by atoms with E-state index in [1.165, 1.54) is 6.07 Å². The fourth-order valence-corrected chi connectivity index (χ4v) is 1.97.